The van der Waals surface area contributed by atoms with Crippen LogP contribution < -0.4 is 16.6 Å². The number of nitrogens with zero attached hydrogens (tertiary/aromatic N) is 3. The molecular formula is C8H11N5O2. The maximum atomic E-state index is 11.8. The van der Waals surface area contributed by atoms with Crippen LogP contribution in [0.1, 0.15) is 0 Å². The number of fused-ring (bicyclic) bond motifs is 1. The van der Waals surface area contributed by atoms with Gasteiger partial charge in [-0.2, -0.15) is 5.10 Å². The summed E-state index contributed by atoms with van der Waals surface area (Å²) in [6, 6.07) is 0. The molecule has 0 radical (unpaired) electrons. The minimum Gasteiger partial charge on any atom is -0.373 e. The first-order valence-electron chi connectivity index (χ1n) is 4.39. The van der Waals surface area contributed by atoms with Gasteiger partial charge in [-0.25, -0.2) is 4.79 Å². The largest absolute Gasteiger partial charge is 0.373 e. The predicted molar refractivity (Wildman–Crippen MR) is 56.1 cm³/mol. The van der Waals surface area contributed by atoms with Gasteiger partial charge >= 0.3 is 5.69 Å². The Hall–Kier alpha value is -2.05. The molecule has 7 heteroatoms. The van der Waals surface area contributed by atoms with Crippen LogP contribution in [0.5, 0.6) is 0 Å². The summed E-state index contributed by atoms with van der Waals surface area (Å²) < 4.78 is 2.38. The summed E-state index contributed by atoms with van der Waals surface area (Å²) in [5.41, 5.74) is -0.389. The van der Waals surface area contributed by atoms with Crippen molar-refractivity contribution in [2.45, 2.75) is 0 Å². The summed E-state index contributed by atoms with van der Waals surface area (Å²) in [7, 11) is 4.69. The highest BCUT2D eigenvalue weighted by atomic mass is 16.2. The van der Waals surface area contributed by atoms with Crippen molar-refractivity contribution in [2.24, 2.45) is 14.1 Å². The van der Waals surface area contributed by atoms with Crippen LogP contribution >= 0.6 is 0 Å². The molecule has 0 saturated carbocycles. The maximum Gasteiger partial charge on any atom is 0.332 e. The molecular weight excluding hydrogens is 198 g/mol. The standard InChI is InChI=1S/C8H11N5O2/c1-9-5-4-6(11-10-5)12(2)8(15)13(3)7(4)14/h1-3H3,(H2,9,10,11). The van der Waals surface area contributed by atoms with E-state index in [0.29, 0.717) is 16.9 Å². The van der Waals surface area contributed by atoms with E-state index in [4.69, 9.17) is 0 Å². The van der Waals surface area contributed by atoms with Gasteiger partial charge in [0, 0.05) is 21.1 Å². The first-order valence-corrected chi connectivity index (χ1v) is 4.39. The molecule has 2 heterocycles. The Bertz CT molecular complexity index is 633. The van der Waals surface area contributed by atoms with Gasteiger partial charge in [-0.15, -0.1) is 0 Å². The van der Waals surface area contributed by atoms with Crippen molar-refractivity contribution in [3.63, 3.8) is 0 Å². The van der Waals surface area contributed by atoms with Crippen LogP contribution in [0.3, 0.4) is 0 Å². The van der Waals surface area contributed by atoms with E-state index in [1.165, 1.54) is 11.6 Å². The van der Waals surface area contributed by atoms with Crippen molar-refractivity contribution < 1.29 is 0 Å². The second-order valence-corrected chi connectivity index (χ2v) is 3.25. The Balaban J connectivity index is 3.11. The molecule has 15 heavy (non-hydrogen) atoms. The van der Waals surface area contributed by atoms with Crippen LogP contribution in [0.25, 0.3) is 11.0 Å². The van der Waals surface area contributed by atoms with Gasteiger partial charge in [-0.05, 0) is 0 Å². The Morgan fingerprint density at radius 2 is 1.93 bits per heavy atom. The minimum absolute atomic E-state index is 0.354. The number of aromatic amines is 1. The third-order valence-electron chi connectivity index (χ3n) is 2.41. The molecule has 0 amide bonds. The van der Waals surface area contributed by atoms with Crippen molar-refractivity contribution in [1.82, 2.24) is 19.3 Å². The summed E-state index contributed by atoms with van der Waals surface area (Å²) in [6.07, 6.45) is 0. The van der Waals surface area contributed by atoms with Gasteiger partial charge < -0.3 is 5.32 Å². The molecule has 80 valence electrons. The van der Waals surface area contributed by atoms with Crippen molar-refractivity contribution in [3.05, 3.63) is 20.8 Å². The molecule has 0 spiro atoms. The molecule has 0 bridgehead atoms. The van der Waals surface area contributed by atoms with Gasteiger partial charge in [0.2, 0.25) is 0 Å². The molecule has 0 atom stereocenters. The number of hydrogen-bond acceptors (Lipinski definition) is 4. The number of anilines is 1. The highest BCUT2D eigenvalue weighted by Crippen LogP contribution is 2.12. The summed E-state index contributed by atoms with van der Waals surface area (Å²) in [6.45, 7) is 0. The minimum atomic E-state index is -0.387. The van der Waals surface area contributed by atoms with Gasteiger partial charge in [0.15, 0.2) is 5.65 Å². The van der Waals surface area contributed by atoms with Gasteiger partial charge in [0.25, 0.3) is 5.56 Å². The number of nitrogens with one attached hydrogen (secondary N) is 2. The lowest BCUT2D eigenvalue weighted by Crippen LogP contribution is -2.36. The molecule has 0 fully saturated rings. The summed E-state index contributed by atoms with van der Waals surface area (Å²) in [5, 5.41) is 9.79. The predicted octanol–water partition coefficient (Wildman–Crippen LogP) is -0.998. The highest BCUT2D eigenvalue weighted by molar-refractivity contribution is 5.86. The first-order chi connectivity index (χ1) is 7.07. The van der Waals surface area contributed by atoms with E-state index in [2.05, 4.69) is 15.5 Å². The molecule has 2 rings (SSSR count). The Labute approximate surface area is 84.3 Å². The SMILES string of the molecule is CNc1[nH]nc2c1c(=O)n(C)c(=O)n2C. The lowest BCUT2D eigenvalue weighted by atomic mass is 10.4. The monoisotopic (exact) mass is 209 g/mol. The number of aromatic nitrogens is 4. The summed E-state index contributed by atoms with van der Waals surface area (Å²) in [5.74, 6) is 0.515. The van der Waals surface area contributed by atoms with Gasteiger partial charge in [-0.3, -0.25) is 19.0 Å². The Morgan fingerprint density at radius 3 is 2.53 bits per heavy atom. The van der Waals surface area contributed by atoms with E-state index >= 15 is 0 Å². The lowest BCUT2D eigenvalue weighted by Gasteiger charge is -2.02. The molecule has 0 unspecified atom stereocenters. The zero-order valence-electron chi connectivity index (χ0n) is 8.66. The van der Waals surface area contributed by atoms with E-state index in [0.717, 1.165) is 4.57 Å². The highest BCUT2D eigenvalue weighted by Gasteiger charge is 2.14. The number of rotatable bonds is 1. The van der Waals surface area contributed by atoms with E-state index in [-0.39, 0.29) is 11.2 Å². The second-order valence-electron chi connectivity index (χ2n) is 3.25. The average Bonchev–Trinajstić information content (AvgIpc) is 2.67. The topological polar surface area (TPSA) is 84.7 Å². The first kappa shape index (κ1) is 9.50. The number of aryl methyl sites for hydroxylation is 1. The van der Waals surface area contributed by atoms with Crippen LogP contribution in [0.15, 0.2) is 9.59 Å². The third-order valence-corrected chi connectivity index (χ3v) is 2.41. The average molecular weight is 209 g/mol. The molecule has 2 aromatic rings. The molecule has 0 aromatic carbocycles. The van der Waals surface area contributed by atoms with Gasteiger partial charge in [0.05, 0.1) is 0 Å². The molecule has 0 aliphatic carbocycles. The van der Waals surface area contributed by atoms with Gasteiger partial charge in [-0.1, -0.05) is 0 Å². The Kier molecular flexibility index (Phi) is 1.88. The fraction of sp³-hybridized carbons (Fsp3) is 0.375. The van der Waals surface area contributed by atoms with Crippen molar-refractivity contribution in [1.29, 1.82) is 0 Å². The lowest BCUT2D eigenvalue weighted by molar-refractivity contribution is 0.708. The smallest absolute Gasteiger partial charge is 0.332 e. The van der Waals surface area contributed by atoms with Crippen LogP contribution in [0.2, 0.25) is 0 Å². The molecule has 0 saturated heterocycles. The molecule has 2 aromatic heterocycles. The summed E-state index contributed by atoms with van der Waals surface area (Å²) >= 11 is 0. The fourth-order valence-corrected chi connectivity index (χ4v) is 1.53. The zero-order chi connectivity index (χ0) is 11.2. The van der Waals surface area contributed by atoms with Crippen LogP contribution in [0.4, 0.5) is 5.82 Å². The van der Waals surface area contributed by atoms with E-state index in [1.54, 1.807) is 14.1 Å². The molecule has 0 aliphatic heterocycles. The quantitative estimate of drug-likeness (QED) is 0.631. The van der Waals surface area contributed by atoms with E-state index < -0.39 is 0 Å². The zero-order valence-corrected chi connectivity index (χ0v) is 8.66. The number of hydrogen-bond donors (Lipinski definition) is 2. The van der Waals surface area contributed by atoms with Gasteiger partial charge in [0.1, 0.15) is 11.2 Å². The normalized spacial score (nSPS) is 10.9. The second kappa shape index (κ2) is 2.97. The van der Waals surface area contributed by atoms with Crippen molar-refractivity contribution in [2.75, 3.05) is 12.4 Å². The van der Waals surface area contributed by atoms with E-state index in [1.807, 2.05) is 0 Å². The van der Waals surface area contributed by atoms with Crippen LogP contribution in [0, 0.1) is 0 Å². The number of H-pyrrole nitrogens is 1. The van der Waals surface area contributed by atoms with Crippen LogP contribution in [-0.4, -0.2) is 26.4 Å². The molecule has 7 nitrogen and oxygen atoms in total. The maximum absolute atomic E-state index is 11.8. The van der Waals surface area contributed by atoms with Crippen LogP contribution in [-0.2, 0) is 14.1 Å². The fourth-order valence-electron chi connectivity index (χ4n) is 1.53. The van der Waals surface area contributed by atoms with E-state index in [9.17, 15) is 9.59 Å². The molecule has 2 N–H and O–H groups in total. The molecule has 0 aliphatic rings. The Morgan fingerprint density at radius 1 is 1.27 bits per heavy atom. The third kappa shape index (κ3) is 1.09. The van der Waals surface area contributed by atoms with Crippen molar-refractivity contribution >= 4 is 16.9 Å². The summed E-state index contributed by atoms with van der Waals surface area (Å²) in [4.78, 5) is 23.3. The van der Waals surface area contributed by atoms with Crippen molar-refractivity contribution in [3.8, 4) is 0 Å².